The average molecular weight is 393 g/mol. The van der Waals surface area contributed by atoms with Gasteiger partial charge in [-0.2, -0.15) is 5.10 Å². The second-order valence-corrected chi connectivity index (χ2v) is 6.82. The molecule has 7 heteroatoms. The lowest BCUT2D eigenvalue weighted by Crippen LogP contribution is -2.21. The van der Waals surface area contributed by atoms with E-state index in [1.165, 1.54) is 11.8 Å². The van der Waals surface area contributed by atoms with E-state index < -0.39 is 0 Å². The van der Waals surface area contributed by atoms with E-state index in [1.54, 1.807) is 0 Å². The van der Waals surface area contributed by atoms with E-state index in [9.17, 15) is 4.79 Å². The van der Waals surface area contributed by atoms with Crippen LogP contribution in [-0.2, 0) is 4.79 Å². The molecule has 0 spiro atoms. The molecule has 0 saturated carbocycles. The maximum atomic E-state index is 11.9. The smallest absolute Gasteiger partial charge is 0.250 e. The van der Waals surface area contributed by atoms with E-state index in [1.807, 2.05) is 51.1 Å². The van der Waals surface area contributed by atoms with E-state index >= 15 is 0 Å². The quantitative estimate of drug-likeness (QED) is 0.366. The summed E-state index contributed by atoms with van der Waals surface area (Å²) >= 11 is 4.68. The molecule has 0 radical (unpaired) electrons. The molecule has 23 heavy (non-hydrogen) atoms. The molecule has 0 aliphatic rings. The first kappa shape index (κ1) is 17.6. The molecule has 0 bridgehead atoms. The predicted molar refractivity (Wildman–Crippen MR) is 96.7 cm³/mol. The fraction of sp³-hybridized carbons (Fsp3) is 0.250. The van der Waals surface area contributed by atoms with Gasteiger partial charge in [0.25, 0.3) is 5.91 Å². The largest absolute Gasteiger partial charge is 0.272 e. The summed E-state index contributed by atoms with van der Waals surface area (Å²) in [5, 5.41) is 4.72. The highest BCUT2D eigenvalue weighted by Gasteiger charge is 2.06. The van der Waals surface area contributed by atoms with Gasteiger partial charge in [0.2, 0.25) is 0 Å². The van der Waals surface area contributed by atoms with Gasteiger partial charge in [-0.1, -0.05) is 39.8 Å². The van der Waals surface area contributed by atoms with Crippen LogP contribution in [0.4, 0.5) is 0 Å². The number of benzene rings is 1. The Bertz CT molecular complexity index is 711. The molecule has 1 amide bonds. The van der Waals surface area contributed by atoms with E-state index in [0.717, 1.165) is 27.1 Å². The summed E-state index contributed by atoms with van der Waals surface area (Å²) in [5.74, 6) is 0.0363. The van der Waals surface area contributed by atoms with Gasteiger partial charge >= 0.3 is 0 Å². The summed E-state index contributed by atoms with van der Waals surface area (Å²) in [7, 11) is 0. The Kier molecular flexibility index (Phi) is 6.29. The first-order chi connectivity index (χ1) is 10.9. The van der Waals surface area contributed by atoms with Gasteiger partial charge in [-0.05, 0) is 44.5 Å². The third kappa shape index (κ3) is 5.76. The summed E-state index contributed by atoms with van der Waals surface area (Å²) in [6.07, 6.45) is 0. The highest BCUT2D eigenvalue weighted by atomic mass is 79.9. The molecule has 1 N–H and O–H groups in total. The molecule has 0 atom stereocenters. The summed E-state index contributed by atoms with van der Waals surface area (Å²) < 4.78 is 1.00. The van der Waals surface area contributed by atoms with Crippen molar-refractivity contribution in [1.82, 2.24) is 15.4 Å². The second-order valence-electron chi connectivity index (χ2n) is 4.96. The summed E-state index contributed by atoms with van der Waals surface area (Å²) in [6, 6.07) is 9.64. The molecule has 1 aromatic heterocycles. The van der Waals surface area contributed by atoms with Crippen LogP contribution >= 0.6 is 27.7 Å². The molecule has 5 nitrogen and oxygen atoms in total. The number of amides is 1. The molecule has 1 heterocycles. The monoisotopic (exact) mass is 392 g/mol. The third-order valence-corrected chi connectivity index (χ3v) is 4.28. The zero-order valence-electron chi connectivity index (χ0n) is 13.1. The van der Waals surface area contributed by atoms with E-state index in [4.69, 9.17) is 0 Å². The van der Waals surface area contributed by atoms with Crippen LogP contribution in [-0.4, -0.2) is 27.3 Å². The minimum absolute atomic E-state index is 0.186. The fourth-order valence-electron chi connectivity index (χ4n) is 1.82. The van der Waals surface area contributed by atoms with Crippen molar-refractivity contribution in [3.8, 4) is 0 Å². The number of nitrogens with zero attached hydrogens (tertiary/aromatic N) is 3. The fourth-order valence-corrected chi connectivity index (χ4v) is 2.83. The van der Waals surface area contributed by atoms with Crippen molar-refractivity contribution in [2.24, 2.45) is 5.10 Å². The second kappa shape index (κ2) is 8.21. The average Bonchev–Trinajstić information content (AvgIpc) is 2.50. The number of hydrazone groups is 1. The summed E-state index contributed by atoms with van der Waals surface area (Å²) in [4.78, 5) is 20.5. The highest BCUT2D eigenvalue weighted by molar-refractivity contribution is 9.10. The lowest BCUT2D eigenvalue weighted by atomic mass is 10.1. The first-order valence-corrected chi connectivity index (χ1v) is 8.76. The van der Waals surface area contributed by atoms with Crippen molar-refractivity contribution < 1.29 is 4.79 Å². The SMILES string of the molecule is CC(=NNC(=O)CSc1nc(C)cc(C)n1)c1ccc(Br)cc1. The summed E-state index contributed by atoms with van der Waals surface area (Å²) in [6.45, 7) is 5.67. The maximum absolute atomic E-state index is 11.9. The zero-order valence-corrected chi connectivity index (χ0v) is 15.5. The molecule has 2 rings (SSSR count). The van der Waals surface area contributed by atoms with Gasteiger partial charge in [-0.3, -0.25) is 4.79 Å². The molecule has 0 aliphatic carbocycles. The Morgan fingerprint density at radius 2 is 1.83 bits per heavy atom. The summed E-state index contributed by atoms with van der Waals surface area (Å²) in [5.41, 5.74) is 6.05. The minimum Gasteiger partial charge on any atom is -0.272 e. The molecule has 0 aliphatic heterocycles. The van der Waals surface area contributed by atoms with Crippen LogP contribution in [0.3, 0.4) is 0 Å². The van der Waals surface area contributed by atoms with Crippen LogP contribution in [0, 0.1) is 13.8 Å². The van der Waals surface area contributed by atoms with Crippen molar-refractivity contribution in [2.75, 3.05) is 5.75 Å². The number of carbonyl (C=O) groups is 1. The van der Waals surface area contributed by atoms with Crippen molar-refractivity contribution in [3.63, 3.8) is 0 Å². The number of rotatable bonds is 5. The van der Waals surface area contributed by atoms with Crippen molar-refractivity contribution in [3.05, 3.63) is 51.8 Å². The van der Waals surface area contributed by atoms with Gasteiger partial charge in [0.1, 0.15) is 0 Å². The minimum atomic E-state index is -0.186. The number of halogens is 1. The maximum Gasteiger partial charge on any atom is 0.250 e. The van der Waals surface area contributed by atoms with Crippen LogP contribution in [0.15, 0.2) is 45.1 Å². The molecule has 0 fully saturated rings. The van der Waals surface area contributed by atoms with Crippen LogP contribution in [0.5, 0.6) is 0 Å². The van der Waals surface area contributed by atoms with Crippen molar-refractivity contribution in [2.45, 2.75) is 25.9 Å². The lowest BCUT2D eigenvalue weighted by molar-refractivity contribution is -0.118. The van der Waals surface area contributed by atoms with Gasteiger partial charge in [0.05, 0.1) is 11.5 Å². The first-order valence-electron chi connectivity index (χ1n) is 6.98. The van der Waals surface area contributed by atoms with Crippen LogP contribution < -0.4 is 5.43 Å². The Balaban J connectivity index is 1.89. The van der Waals surface area contributed by atoms with Crippen LogP contribution in [0.25, 0.3) is 0 Å². The lowest BCUT2D eigenvalue weighted by Gasteiger charge is -2.04. The van der Waals surface area contributed by atoms with Crippen molar-refractivity contribution >= 4 is 39.3 Å². The standard InChI is InChI=1S/C16H17BrN4OS/c1-10-8-11(2)19-16(18-10)23-9-15(22)21-20-12(3)13-4-6-14(17)7-5-13/h4-8H,9H2,1-3H3,(H,21,22). The van der Waals surface area contributed by atoms with Gasteiger partial charge in [0, 0.05) is 15.9 Å². The number of carbonyl (C=O) groups excluding carboxylic acids is 1. The molecule has 2 aromatic rings. The topological polar surface area (TPSA) is 67.2 Å². The van der Waals surface area contributed by atoms with Gasteiger partial charge in [0.15, 0.2) is 5.16 Å². The molecule has 1 aromatic carbocycles. The van der Waals surface area contributed by atoms with Crippen LogP contribution in [0.2, 0.25) is 0 Å². The number of hydrogen-bond donors (Lipinski definition) is 1. The number of nitrogens with one attached hydrogen (secondary N) is 1. The van der Waals surface area contributed by atoms with E-state index in [0.29, 0.717) is 5.16 Å². The van der Waals surface area contributed by atoms with Crippen molar-refractivity contribution in [1.29, 1.82) is 0 Å². The molecule has 0 unspecified atom stereocenters. The molecular formula is C16H17BrN4OS. The number of aromatic nitrogens is 2. The number of aryl methyl sites for hydroxylation is 2. The molecular weight excluding hydrogens is 376 g/mol. The number of thioether (sulfide) groups is 1. The predicted octanol–water partition coefficient (Wildman–Crippen LogP) is 3.49. The molecule has 120 valence electrons. The normalized spacial score (nSPS) is 11.4. The Hall–Kier alpha value is -1.73. The van der Waals surface area contributed by atoms with E-state index in [2.05, 4.69) is 36.4 Å². The molecule has 0 saturated heterocycles. The Labute approximate surface area is 148 Å². The van der Waals surface area contributed by atoms with E-state index in [-0.39, 0.29) is 11.7 Å². The Morgan fingerprint density at radius 1 is 1.22 bits per heavy atom. The Morgan fingerprint density at radius 3 is 2.43 bits per heavy atom. The zero-order chi connectivity index (χ0) is 16.8. The number of hydrogen-bond acceptors (Lipinski definition) is 5. The van der Waals surface area contributed by atoms with Gasteiger partial charge in [-0.25, -0.2) is 15.4 Å². The van der Waals surface area contributed by atoms with Gasteiger partial charge in [-0.15, -0.1) is 0 Å². The third-order valence-electron chi connectivity index (χ3n) is 2.90. The highest BCUT2D eigenvalue weighted by Crippen LogP contribution is 2.14. The van der Waals surface area contributed by atoms with Gasteiger partial charge < -0.3 is 0 Å². The van der Waals surface area contributed by atoms with Crippen LogP contribution in [0.1, 0.15) is 23.9 Å².